The van der Waals surface area contributed by atoms with E-state index in [1.807, 2.05) is 18.2 Å². The summed E-state index contributed by atoms with van der Waals surface area (Å²) in [6, 6.07) is 8.14. The van der Waals surface area contributed by atoms with Gasteiger partial charge < -0.3 is 19.6 Å². The average molecular weight is 292 g/mol. The smallest absolute Gasteiger partial charge is 0.0889 e. The van der Waals surface area contributed by atoms with Crippen molar-refractivity contribution < 1.29 is 14.7 Å². The molecule has 1 heterocycles. The molecule has 1 aliphatic rings. The van der Waals surface area contributed by atoms with Crippen LogP contribution >= 0.6 is 0 Å². The highest BCUT2D eigenvalue weighted by atomic mass is 16.5. The Bertz CT molecular complexity index is 463. The first-order valence-electron chi connectivity index (χ1n) is 7.48. The topological polar surface area (TPSA) is 54.3 Å². The fourth-order valence-corrected chi connectivity index (χ4v) is 2.62. The van der Waals surface area contributed by atoms with Gasteiger partial charge in [0, 0.05) is 38.1 Å². The molecule has 1 aromatic carbocycles. The zero-order valence-corrected chi connectivity index (χ0v) is 12.6. The fourth-order valence-electron chi connectivity index (χ4n) is 2.62. The Morgan fingerprint density at radius 2 is 2.10 bits per heavy atom. The van der Waals surface area contributed by atoms with Crippen LogP contribution in [0, 0.1) is 0 Å². The number of para-hydroxylation sites is 1. The summed E-state index contributed by atoms with van der Waals surface area (Å²) in [5, 5.41) is 12.6. The third kappa shape index (κ3) is 4.44. The van der Waals surface area contributed by atoms with Gasteiger partial charge in [0.2, 0.25) is 0 Å². The van der Waals surface area contributed by atoms with Crippen molar-refractivity contribution in [2.75, 3.05) is 44.9 Å². The third-order valence-electron chi connectivity index (χ3n) is 3.67. The van der Waals surface area contributed by atoms with E-state index < -0.39 is 0 Å². The molecule has 0 saturated carbocycles. The Morgan fingerprint density at radius 3 is 2.90 bits per heavy atom. The lowest BCUT2D eigenvalue weighted by molar-refractivity contribution is 0.0700. The van der Waals surface area contributed by atoms with Gasteiger partial charge in [-0.05, 0) is 25.3 Å². The second kappa shape index (κ2) is 8.64. The molecule has 1 aromatic rings. The van der Waals surface area contributed by atoms with E-state index in [2.05, 4.69) is 16.1 Å². The molecule has 0 bridgehead atoms. The monoisotopic (exact) mass is 292 g/mol. The molecular weight excluding hydrogens is 268 g/mol. The molecule has 1 aliphatic heterocycles. The van der Waals surface area contributed by atoms with Crippen LogP contribution in [0.15, 0.2) is 29.4 Å². The van der Waals surface area contributed by atoms with Crippen molar-refractivity contribution in [3.63, 3.8) is 0 Å². The quantitative estimate of drug-likeness (QED) is 0.476. The number of benzene rings is 1. The minimum atomic E-state index is 0.642. The number of nitrogens with zero attached hydrogens (tertiary/aromatic N) is 2. The second-order valence-electron chi connectivity index (χ2n) is 5.11. The summed E-state index contributed by atoms with van der Waals surface area (Å²) < 4.78 is 10.5. The van der Waals surface area contributed by atoms with Gasteiger partial charge in [-0.25, -0.2) is 0 Å². The normalized spacial score (nSPS) is 16.8. The SMILES string of the molecule is COCCOCCCN1CCC/C(=N/O)c2ccccc21. The molecule has 0 radical (unpaired) electrons. The molecule has 0 atom stereocenters. The third-order valence-corrected chi connectivity index (χ3v) is 3.67. The summed E-state index contributed by atoms with van der Waals surface area (Å²) >= 11 is 0. The molecule has 0 spiro atoms. The summed E-state index contributed by atoms with van der Waals surface area (Å²) in [5.41, 5.74) is 2.97. The summed E-state index contributed by atoms with van der Waals surface area (Å²) in [6.07, 6.45) is 2.79. The Morgan fingerprint density at radius 1 is 1.24 bits per heavy atom. The van der Waals surface area contributed by atoms with Crippen molar-refractivity contribution in [3.8, 4) is 0 Å². The molecule has 5 heteroatoms. The van der Waals surface area contributed by atoms with Crippen molar-refractivity contribution >= 4 is 11.4 Å². The van der Waals surface area contributed by atoms with Crippen LogP contribution in [-0.2, 0) is 9.47 Å². The van der Waals surface area contributed by atoms with Crippen LogP contribution < -0.4 is 4.90 Å². The molecular formula is C16H24N2O3. The Kier molecular flexibility index (Phi) is 6.50. The minimum absolute atomic E-state index is 0.642. The predicted octanol–water partition coefficient (Wildman–Crippen LogP) is 2.52. The first-order valence-corrected chi connectivity index (χ1v) is 7.48. The summed E-state index contributed by atoms with van der Waals surface area (Å²) in [7, 11) is 1.68. The van der Waals surface area contributed by atoms with Crippen LogP contribution in [0.2, 0.25) is 0 Å². The maximum Gasteiger partial charge on any atom is 0.0889 e. The van der Waals surface area contributed by atoms with Crippen LogP contribution in [-0.4, -0.2) is 50.9 Å². The Hall–Kier alpha value is -1.59. The molecule has 116 valence electrons. The summed E-state index contributed by atoms with van der Waals surface area (Å²) in [4.78, 5) is 2.35. The van der Waals surface area contributed by atoms with Crippen LogP contribution in [0.25, 0.3) is 0 Å². The number of oxime groups is 1. The number of hydrogen-bond donors (Lipinski definition) is 1. The molecule has 0 saturated heterocycles. The van der Waals surface area contributed by atoms with Gasteiger partial charge in [-0.2, -0.15) is 0 Å². The van der Waals surface area contributed by atoms with Crippen molar-refractivity contribution in [1.82, 2.24) is 0 Å². The predicted molar refractivity (Wildman–Crippen MR) is 83.5 cm³/mol. The Labute approximate surface area is 126 Å². The van der Waals surface area contributed by atoms with Crippen molar-refractivity contribution in [2.45, 2.75) is 19.3 Å². The molecule has 0 aliphatic carbocycles. The fraction of sp³-hybridized carbons (Fsp3) is 0.562. The zero-order chi connectivity index (χ0) is 14.9. The van der Waals surface area contributed by atoms with E-state index in [1.165, 1.54) is 0 Å². The summed E-state index contributed by atoms with van der Waals surface area (Å²) in [5.74, 6) is 0. The first-order chi connectivity index (χ1) is 10.4. The number of fused-ring (bicyclic) bond motifs is 1. The van der Waals surface area contributed by atoms with Gasteiger partial charge in [0.15, 0.2) is 0 Å². The molecule has 0 unspecified atom stereocenters. The van der Waals surface area contributed by atoms with E-state index in [-0.39, 0.29) is 0 Å². The van der Waals surface area contributed by atoms with Crippen molar-refractivity contribution in [1.29, 1.82) is 0 Å². The molecule has 5 nitrogen and oxygen atoms in total. The molecule has 0 aromatic heterocycles. The number of ether oxygens (including phenoxy) is 2. The van der Waals surface area contributed by atoms with E-state index in [4.69, 9.17) is 9.47 Å². The molecule has 1 N–H and O–H groups in total. The largest absolute Gasteiger partial charge is 0.411 e. The van der Waals surface area contributed by atoms with Gasteiger partial charge in [0.25, 0.3) is 0 Å². The highest BCUT2D eigenvalue weighted by Crippen LogP contribution is 2.26. The van der Waals surface area contributed by atoms with Crippen LogP contribution in [0.3, 0.4) is 0 Å². The van der Waals surface area contributed by atoms with Gasteiger partial charge >= 0.3 is 0 Å². The van der Waals surface area contributed by atoms with Gasteiger partial charge in [-0.3, -0.25) is 0 Å². The summed E-state index contributed by atoms with van der Waals surface area (Å²) in [6.45, 7) is 3.96. The first kappa shape index (κ1) is 15.8. The van der Waals surface area contributed by atoms with Gasteiger partial charge in [-0.1, -0.05) is 23.4 Å². The number of anilines is 1. The van der Waals surface area contributed by atoms with Gasteiger partial charge in [-0.15, -0.1) is 0 Å². The highest BCUT2D eigenvalue weighted by molar-refractivity contribution is 6.05. The number of methoxy groups -OCH3 is 1. The maximum atomic E-state index is 9.18. The van der Waals surface area contributed by atoms with Crippen molar-refractivity contribution in [2.24, 2.45) is 5.16 Å². The molecule has 0 fully saturated rings. The highest BCUT2D eigenvalue weighted by Gasteiger charge is 2.19. The van der Waals surface area contributed by atoms with Crippen LogP contribution in [0.1, 0.15) is 24.8 Å². The number of rotatable bonds is 7. The van der Waals surface area contributed by atoms with Gasteiger partial charge in [0.05, 0.1) is 18.9 Å². The van der Waals surface area contributed by atoms with E-state index >= 15 is 0 Å². The lowest BCUT2D eigenvalue weighted by Crippen LogP contribution is -2.26. The van der Waals surface area contributed by atoms with E-state index in [1.54, 1.807) is 7.11 Å². The van der Waals surface area contributed by atoms with E-state index in [0.717, 1.165) is 55.9 Å². The van der Waals surface area contributed by atoms with E-state index in [0.29, 0.717) is 13.2 Å². The average Bonchev–Trinajstić information content (AvgIpc) is 2.70. The zero-order valence-electron chi connectivity index (χ0n) is 12.6. The minimum Gasteiger partial charge on any atom is -0.411 e. The lowest BCUT2D eigenvalue weighted by Gasteiger charge is -2.24. The Balaban J connectivity index is 1.93. The van der Waals surface area contributed by atoms with Crippen LogP contribution in [0.4, 0.5) is 5.69 Å². The number of hydrogen-bond acceptors (Lipinski definition) is 5. The van der Waals surface area contributed by atoms with Crippen molar-refractivity contribution in [3.05, 3.63) is 29.8 Å². The van der Waals surface area contributed by atoms with Crippen LogP contribution in [0.5, 0.6) is 0 Å². The molecule has 2 rings (SSSR count). The molecule has 0 amide bonds. The van der Waals surface area contributed by atoms with Gasteiger partial charge in [0.1, 0.15) is 0 Å². The van der Waals surface area contributed by atoms with E-state index in [9.17, 15) is 5.21 Å². The standard InChI is InChI=1S/C16H24N2O3/c1-20-12-13-21-11-5-10-18-9-4-7-15(17-19)14-6-2-3-8-16(14)18/h2-3,6,8,19H,4-5,7,9-13H2,1H3/b17-15-. The second-order valence-corrected chi connectivity index (χ2v) is 5.11. The molecule has 21 heavy (non-hydrogen) atoms. The maximum absolute atomic E-state index is 9.18. The lowest BCUT2D eigenvalue weighted by atomic mass is 10.1.